The summed E-state index contributed by atoms with van der Waals surface area (Å²) in [5.74, 6) is 0.894. The molecule has 1 heterocycles. The summed E-state index contributed by atoms with van der Waals surface area (Å²) < 4.78 is 11.9. The Morgan fingerprint density at radius 1 is 0.846 bits per heavy atom. The third kappa shape index (κ3) is 5.99. The standard InChI is InChI=1S/C22H26O3S/c23-22-17-26-12-11-20(15-24-13-18-7-3-1-4-8-18)21(22)16-25-14-19-9-5-2-6-10-19/h1-12,20-23H,13-17H2/t20-,21+,22-/m1/s1. The Hall–Kier alpha value is -1.59. The second kappa shape index (κ2) is 10.5. The Bertz CT molecular complexity index is 660. The smallest absolute Gasteiger partial charge is 0.0717 e. The number of rotatable bonds is 8. The first kappa shape index (κ1) is 19.2. The second-order valence-electron chi connectivity index (χ2n) is 6.56. The number of aliphatic hydroxyl groups excluding tert-OH is 1. The predicted molar refractivity (Wildman–Crippen MR) is 107 cm³/mol. The van der Waals surface area contributed by atoms with Crippen LogP contribution in [0.25, 0.3) is 0 Å². The van der Waals surface area contributed by atoms with E-state index in [1.54, 1.807) is 11.8 Å². The van der Waals surface area contributed by atoms with Crippen LogP contribution >= 0.6 is 11.8 Å². The molecule has 0 aliphatic carbocycles. The van der Waals surface area contributed by atoms with Crippen LogP contribution in [0, 0.1) is 11.8 Å². The van der Waals surface area contributed by atoms with E-state index in [1.165, 1.54) is 0 Å². The summed E-state index contributed by atoms with van der Waals surface area (Å²) in [7, 11) is 0. The molecule has 3 nitrogen and oxygen atoms in total. The molecule has 1 aliphatic heterocycles. The maximum Gasteiger partial charge on any atom is 0.0717 e. The molecule has 1 N–H and O–H groups in total. The molecule has 0 saturated carbocycles. The normalized spacial score (nSPS) is 22.9. The van der Waals surface area contributed by atoms with Gasteiger partial charge in [-0.3, -0.25) is 0 Å². The Labute approximate surface area is 160 Å². The van der Waals surface area contributed by atoms with Gasteiger partial charge in [-0.15, -0.1) is 11.8 Å². The van der Waals surface area contributed by atoms with Gasteiger partial charge in [-0.05, 0) is 16.5 Å². The Morgan fingerprint density at radius 3 is 2.04 bits per heavy atom. The van der Waals surface area contributed by atoms with Crippen molar-refractivity contribution in [3.05, 3.63) is 83.3 Å². The highest BCUT2D eigenvalue weighted by Gasteiger charge is 2.29. The van der Waals surface area contributed by atoms with E-state index in [-0.39, 0.29) is 11.8 Å². The van der Waals surface area contributed by atoms with Crippen molar-refractivity contribution < 1.29 is 14.6 Å². The molecule has 2 aromatic rings. The first-order valence-electron chi connectivity index (χ1n) is 9.02. The number of thioether (sulfide) groups is 1. The number of hydrogen-bond acceptors (Lipinski definition) is 4. The summed E-state index contributed by atoms with van der Waals surface area (Å²) in [5, 5.41) is 12.6. The van der Waals surface area contributed by atoms with Crippen LogP contribution in [-0.4, -0.2) is 30.2 Å². The first-order valence-corrected chi connectivity index (χ1v) is 10.1. The van der Waals surface area contributed by atoms with E-state index < -0.39 is 6.10 Å². The molecule has 3 rings (SSSR count). The molecule has 4 heteroatoms. The van der Waals surface area contributed by atoms with Gasteiger partial charge in [0.05, 0.1) is 32.5 Å². The first-order chi connectivity index (χ1) is 12.8. The van der Waals surface area contributed by atoms with Crippen LogP contribution in [-0.2, 0) is 22.7 Å². The van der Waals surface area contributed by atoms with E-state index in [2.05, 4.69) is 35.7 Å². The van der Waals surface area contributed by atoms with Crippen LogP contribution in [0.4, 0.5) is 0 Å². The maximum atomic E-state index is 10.5. The average molecular weight is 371 g/mol. The maximum absolute atomic E-state index is 10.5. The molecular weight excluding hydrogens is 344 g/mol. The number of aliphatic hydroxyl groups is 1. The van der Waals surface area contributed by atoms with Gasteiger partial charge in [0.25, 0.3) is 0 Å². The third-order valence-corrected chi connectivity index (χ3v) is 5.46. The van der Waals surface area contributed by atoms with Crippen molar-refractivity contribution in [3.8, 4) is 0 Å². The van der Waals surface area contributed by atoms with Gasteiger partial charge in [0.2, 0.25) is 0 Å². The highest BCUT2D eigenvalue weighted by molar-refractivity contribution is 8.02. The molecule has 26 heavy (non-hydrogen) atoms. The fourth-order valence-electron chi connectivity index (χ4n) is 3.05. The molecule has 0 bridgehead atoms. The topological polar surface area (TPSA) is 38.7 Å². The van der Waals surface area contributed by atoms with Crippen LogP contribution in [0.2, 0.25) is 0 Å². The molecule has 2 aromatic carbocycles. The summed E-state index contributed by atoms with van der Waals surface area (Å²) in [6.45, 7) is 2.27. The summed E-state index contributed by atoms with van der Waals surface area (Å²) in [6, 6.07) is 20.3. The lowest BCUT2D eigenvalue weighted by Crippen LogP contribution is -2.34. The zero-order valence-corrected chi connectivity index (χ0v) is 15.7. The van der Waals surface area contributed by atoms with Crippen molar-refractivity contribution in [1.82, 2.24) is 0 Å². The van der Waals surface area contributed by atoms with E-state index in [4.69, 9.17) is 9.47 Å². The average Bonchev–Trinajstić information content (AvgIpc) is 2.85. The van der Waals surface area contributed by atoms with E-state index in [9.17, 15) is 5.11 Å². The quantitative estimate of drug-likeness (QED) is 0.753. The lowest BCUT2D eigenvalue weighted by Gasteiger charge is -2.27. The highest BCUT2D eigenvalue weighted by Crippen LogP contribution is 2.27. The van der Waals surface area contributed by atoms with Gasteiger partial charge >= 0.3 is 0 Å². The van der Waals surface area contributed by atoms with Crippen LogP contribution in [0.15, 0.2) is 72.1 Å². The van der Waals surface area contributed by atoms with Crippen LogP contribution in [0.3, 0.4) is 0 Å². The minimum absolute atomic E-state index is 0.0423. The van der Waals surface area contributed by atoms with Gasteiger partial charge in [0.15, 0.2) is 0 Å². The van der Waals surface area contributed by atoms with E-state index in [0.717, 1.165) is 11.1 Å². The van der Waals surface area contributed by atoms with Gasteiger partial charge in [-0.1, -0.05) is 66.7 Å². The Morgan fingerprint density at radius 2 is 1.42 bits per heavy atom. The molecule has 0 radical (unpaired) electrons. The van der Waals surface area contributed by atoms with Crippen molar-refractivity contribution in [2.45, 2.75) is 19.3 Å². The zero-order valence-electron chi connectivity index (χ0n) is 14.9. The molecule has 0 spiro atoms. The zero-order chi connectivity index (χ0) is 18.0. The summed E-state index contributed by atoms with van der Waals surface area (Å²) in [5.41, 5.74) is 2.31. The van der Waals surface area contributed by atoms with Gasteiger partial charge in [-0.2, -0.15) is 0 Å². The summed E-state index contributed by atoms with van der Waals surface area (Å²) in [6.07, 6.45) is 1.76. The minimum atomic E-state index is -0.393. The predicted octanol–water partition coefficient (Wildman–Crippen LogP) is 4.27. The van der Waals surface area contributed by atoms with Crippen molar-refractivity contribution in [2.24, 2.45) is 11.8 Å². The lowest BCUT2D eigenvalue weighted by molar-refractivity contribution is -0.0117. The molecule has 3 atom stereocenters. The Balaban J connectivity index is 1.52. The van der Waals surface area contributed by atoms with Crippen molar-refractivity contribution in [3.63, 3.8) is 0 Å². The molecule has 0 unspecified atom stereocenters. The third-order valence-electron chi connectivity index (χ3n) is 4.58. The lowest BCUT2D eigenvalue weighted by atomic mass is 9.89. The molecule has 138 valence electrons. The summed E-state index contributed by atoms with van der Waals surface area (Å²) in [4.78, 5) is 0. The van der Waals surface area contributed by atoms with Crippen molar-refractivity contribution in [1.29, 1.82) is 0 Å². The fraction of sp³-hybridized carbons (Fsp3) is 0.364. The van der Waals surface area contributed by atoms with E-state index in [1.807, 2.05) is 36.4 Å². The molecular formula is C22H26O3S. The fourth-order valence-corrected chi connectivity index (χ4v) is 3.92. The largest absolute Gasteiger partial charge is 0.392 e. The van der Waals surface area contributed by atoms with Crippen LogP contribution < -0.4 is 0 Å². The van der Waals surface area contributed by atoms with Gasteiger partial charge in [-0.25, -0.2) is 0 Å². The summed E-state index contributed by atoms with van der Waals surface area (Å²) >= 11 is 1.65. The van der Waals surface area contributed by atoms with E-state index >= 15 is 0 Å². The van der Waals surface area contributed by atoms with E-state index in [0.29, 0.717) is 32.2 Å². The highest BCUT2D eigenvalue weighted by atomic mass is 32.2. The molecule has 0 aromatic heterocycles. The SMILES string of the molecule is O[C@@H]1CSC=C[C@H](COCc2ccccc2)[C@@H]1COCc1ccccc1. The van der Waals surface area contributed by atoms with Crippen LogP contribution in [0.1, 0.15) is 11.1 Å². The van der Waals surface area contributed by atoms with Gasteiger partial charge in [0.1, 0.15) is 0 Å². The van der Waals surface area contributed by atoms with Gasteiger partial charge < -0.3 is 14.6 Å². The van der Waals surface area contributed by atoms with Crippen molar-refractivity contribution >= 4 is 11.8 Å². The van der Waals surface area contributed by atoms with Crippen LogP contribution in [0.5, 0.6) is 0 Å². The monoisotopic (exact) mass is 370 g/mol. The number of hydrogen-bond donors (Lipinski definition) is 1. The molecule has 0 fully saturated rings. The Kier molecular flexibility index (Phi) is 7.77. The number of benzene rings is 2. The van der Waals surface area contributed by atoms with Crippen molar-refractivity contribution in [2.75, 3.05) is 19.0 Å². The second-order valence-corrected chi connectivity index (χ2v) is 7.50. The number of ether oxygens (including phenoxy) is 2. The van der Waals surface area contributed by atoms with Gasteiger partial charge in [0, 0.05) is 17.6 Å². The minimum Gasteiger partial charge on any atom is -0.392 e. The molecule has 0 amide bonds. The molecule has 0 saturated heterocycles. The molecule has 1 aliphatic rings.